The molecule has 35 heavy (non-hydrogen) atoms. The zero-order valence-corrected chi connectivity index (χ0v) is 19.4. The third-order valence-electron chi connectivity index (χ3n) is 4.46. The molecule has 3 heterocycles. The molecule has 8 nitrogen and oxygen atoms in total. The molecule has 0 aromatic carbocycles. The van der Waals surface area contributed by atoms with Gasteiger partial charge in [0.1, 0.15) is 17.4 Å². The summed E-state index contributed by atoms with van der Waals surface area (Å²) in [5.74, 6) is -1.19. The fraction of sp³-hybridized carbons (Fsp3) is 0.368. The number of pyridine rings is 2. The molecular formula is C19H18ClF6N5O3S. The van der Waals surface area contributed by atoms with E-state index in [2.05, 4.69) is 15.3 Å². The van der Waals surface area contributed by atoms with Crippen LogP contribution in [0.2, 0.25) is 5.02 Å². The molecule has 2 aromatic heterocycles. The number of carboxylic acid groups (broad SMARTS) is 1. The lowest BCUT2D eigenvalue weighted by molar-refractivity contribution is -0.192. The average molecular weight is 546 g/mol. The highest BCUT2D eigenvalue weighted by atomic mass is 35.5. The Kier molecular flexibility index (Phi) is 9.31. The first kappa shape index (κ1) is 28.2. The summed E-state index contributed by atoms with van der Waals surface area (Å²) in [6.07, 6.45) is -7.14. The highest BCUT2D eigenvalue weighted by Crippen LogP contribution is 2.33. The monoisotopic (exact) mass is 545 g/mol. The Morgan fingerprint density at radius 3 is 2.23 bits per heavy atom. The topological polar surface area (TPSA) is 90.8 Å². The summed E-state index contributed by atoms with van der Waals surface area (Å²) >= 11 is 11.5. The number of alkyl halides is 6. The number of aliphatic carboxylic acids is 1. The van der Waals surface area contributed by atoms with Crippen LogP contribution in [0.5, 0.6) is 5.75 Å². The molecule has 0 spiro atoms. The number of aromatic nitrogens is 2. The molecular weight excluding hydrogens is 528 g/mol. The Hall–Kier alpha value is -3.07. The van der Waals surface area contributed by atoms with Gasteiger partial charge in [-0.2, -0.15) is 26.3 Å². The summed E-state index contributed by atoms with van der Waals surface area (Å²) in [5, 5.41) is 10.7. The summed E-state index contributed by atoms with van der Waals surface area (Å²) in [6, 6.07) is 4.36. The van der Waals surface area contributed by atoms with Crippen LogP contribution >= 0.6 is 23.8 Å². The second kappa shape index (κ2) is 11.6. The van der Waals surface area contributed by atoms with Gasteiger partial charge >= 0.3 is 18.3 Å². The lowest BCUT2D eigenvalue weighted by Crippen LogP contribution is -2.50. The number of rotatable bonds is 3. The minimum Gasteiger partial charge on any atom is -0.497 e. The lowest BCUT2D eigenvalue weighted by Gasteiger charge is -2.37. The number of hydrogen-bond acceptors (Lipinski definition) is 6. The molecule has 1 aliphatic rings. The molecule has 0 amide bonds. The standard InChI is InChI=1S/C17H17ClF3N5OS.C2HF3O2/c1-27-12-2-3-22-14(9-12)24-16(28)26-6-4-25(5-7-26)15-13(18)8-11(10-23-15)17(19,20)21;3-2(4,5)1(6)7/h2-3,8-10H,4-7H2,1H3,(H,22,24,28);(H,6,7). The fourth-order valence-corrected chi connectivity index (χ4v) is 3.31. The Labute approximate surface area is 205 Å². The summed E-state index contributed by atoms with van der Waals surface area (Å²) in [4.78, 5) is 20.8. The Balaban J connectivity index is 0.000000540. The quantitative estimate of drug-likeness (QED) is 0.432. The number of anilines is 2. The number of carbonyl (C=O) groups is 1. The van der Waals surface area contributed by atoms with Crippen LogP contribution in [0, 0.1) is 0 Å². The minimum atomic E-state index is -5.08. The summed E-state index contributed by atoms with van der Waals surface area (Å²) in [5.41, 5.74) is -0.865. The molecule has 0 unspecified atom stereocenters. The lowest BCUT2D eigenvalue weighted by atomic mass is 10.2. The number of nitrogens with zero attached hydrogens (tertiary/aromatic N) is 4. The number of thiocarbonyl (C=S) groups is 1. The van der Waals surface area contributed by atoms with E-state index in [0.29, 0.717) is 48.7 Å². The second-order valence-corrected chi connectivity index (χ2v) is 7.61. The van der Waals surface area contributed by atoms with E-state index in [0.717, 1.165) is 12.3 Å². The van der Waals surface area contributed by atoms with E-state index < -0.39 is 23.9 Å². The van der Waals surface area contributed by atoms with Gasteiger partial charge in [-0.15, -0.1) is 0 Å². The first-order valence-electron chi connectivity index (χ1n) is 9.56. The zero-order chi connectivity index (χ0) is 26.4. The molecule has 0 saturated carbocycles. The van der Waals surface area contributed by atoms with Crippen molar-refractivity contribution < 1.29 is 41.0 Å². The molecule has 3 rings (SSSR count). The smallest absolute Gasteiger partial charge is 0.490 e. The van der Waals surface area contributed by atoms with Gasteiger partial charge in [-0.05, 0) is 24.4 Å². The van der Waals surface area contributed by atoms with Gasteiger partial charge in [-0.1, -0.05) is 11.6 Å². The van der Waals surface area contributed by atoms with E-state index in [-0.39, 0.29) is 5.02 Å². The van der Waals surface area contributed by atoms with Crippen molar-refractivity contribution >= 4 is 46.5 Å². The van der Waals surface area contributed by atoms with Gasteiger partial charge in [-0.25, -0.2) is 14.8 Å². The number of carboxylic acids is 1. The van der Waals surface area contributed by atoms with Crippen LogP contribution < -0.4 is 15.0 Å². The molecule has 192 valence electrons. The summed E-state index contributed by atoms with van der Waals surface area (Å²) < 4.78 is 75.2. The largest absolute Gasteiger partial charge is 0.497 e. The van der Waals surface area contributed by atoms with Gasteiger partial charge in [0.25, 0.3) is 0 Å². The van der Waals surface area contributed by atoms with Crippen molar-refractivity contribution in [3.63, 3.8) is 0 Å². The van der Waals surface area contributed by atoms with Gasteiger partial charge in [0.2, 0.25) is 0 Å². The van der Waals surface area contributed by atoms with E-state index >= 15 is 0 Å². The van der Waals surface area contributed by atoms with Crippen molar-refractivity contribution in [2.45, 2.75) is 12.4 Å². The number of hydrogen-bond donors (Lipinski definition) is 2. The highest BCUT2D eigenvalue weighted by molar-refractivity contribution is 7.80. The Morgan fingerprint density at radius 2 is 1.74 bits per heavy atom. The number of methoxy groups -OCH3 is 1. The van der Waals surface area contributed by atoms with Gasteiger partial charge < -0.3 is 25.0 Å². The van der Waals surface area contributed by atoms with E-state index in [1.54, 1.807) is 25.4 Å². The van der Waals surface area contributed by atoms with Gasteiger partial charge in [-0.3, -0.25) is 0 Å². The maximum atomic E-state index is 12.8. The molecule has 0 bridgehead atoms. The summed E-state index contributed by atoms with van der Waals surface area (Å²) in [7, 11) is 1.57. The van der Waals surface area contributed by atoms with Gasteiger partial charge in [0, 0.05) is 44.6 Å². The third-order valence-corrected chi connectivity index (χ3v) is 5.10. The van der Waals surface area contributed by atoms with Crippen LogP contribution in [0.25, 0.3) is 0 Å². The van der Waals surface area contributed by atoms with E-state index in [1.165, 1.54) is 0 Å². The first-order valence-corrected chi connectivity index (χ1v) is 10.3. The fourth-order valence-electron chi connectivity index (χ4n) is 2.73. The molecule has 2 N–H and O–H groups in total. The molecule has 16 heteroatoms. The van der Waals surface area contributed by atoms with Crippen molar-refractivity contribution in [3.8, 4) is 5.75 Å². The number of ether oxygens (including phenoxy) is 1. The molecule has 1 fully saturated rings. The molecule has 1 saturated heterocycles. The maximum Gasteiger partial charge on any atom is 0.490 e. The van der Waals surface area contributed by atoms with Crippen LogP contribution in [-0.4, -0.2) is 70.5 Å². The normalized spacial score (nSPS) is 14.1. The van der Waals surface area contributed by atoms with Crippen molar-refractivity contribution in [1.29, 1.82) is 0 Å². The van der Waals surface area contributed by atoms with Gasteiger partial charge in [0.15, 0.2) is 5.11 Å². The molecule has 1 aliphatic heterocycles. The first-order chi connectivity index (χ1) is 16.2. The van der Waals surface area contributed by atoms with Gasteiger partial charge in [0.05, 0.1) is 17.7 Å². The van der Waals surface area contributed by atoms with Crippen LogP contribution in [0.15, 0.2) is 30.6 Å². The van der Waals surface area contributed by atoms with E-state index in [4.69, 9.17) is 38.5 Å². The SMILES string of the molecule is COc1ccnc(NC(=S)N2CCN(c3ncc(C(F)(F)F)cc3Cl)CC2)c1.O=C(O)C(F)(F)F. The third kappa shape index (κ3) is 8.28. The van der Waals surface area contributed by atoms with Crippen LogP contribution in [-0.2, 0) is 11.0 Å². The van der Waals surface area contributed by atoms with Crippen molar-refractivity contribution in [2.24, 2.45) is 0 Å². The molecule has 0 radical (unpaired) electrons. The second-order valence-electron chi connectivity index (χ2n) is 6.82. The Bertz CT molecular complexity index is 1050. The highest BCUT2D eigenvalue weighted by Gasteiger charge is 2.38. The maximum absolute atomic E-state index is 12.8. The number of halogens is 7. The van der Waals surface area contributed by atoms with Crippen LogP contribution in [0.4, 0.5) is 38.0 Å². The van der Waals surface area contributed by atoms with Crippen molar-refractivity contribution in [3.05, 3.63) is 41.2 Å². The van der Waals surface area contributed by atoms with Crippen LogP contribution in [0.3, 0.4) is 0 Å². The van der Waals surface area contributed by atoms with Crippen molar-refractivity contribution in [2.75, 3.05) is 43.5 Å². The molecule has 0 aliphatic carbocycles. The number of piperazine rings is 1. The van der Waals surface area contributed by atoms with E-state index in [1.807, 2.05) is 9.80 Å². The van der Waals surface area contributed by atoms with Crippen molar-refractivity contribution in [1.82, 2.24) is 14.9 Å². The average Bonchev–Trinajstić information content (AvgIpc) is 2.78. The summed E-state index contributed by atoms with van der Waals surface area (Å²) in [6.45, 7) is 2.17. The molecule has 0 atom stereocenters. The number of nitrogens with one attached hydrogen (secondary N) is 1. The van der Waals surface area contributed by atoms with E-state index in [9.17, 15) is 26.3 Å². The van der Waals surface area contributed by atoms with Crippen LogP contribution in [0.1, 0.15) is 5.56 Å². The molecule has 2 aromatic rings. The predicted molar refractivity (Wildman–Crippen MR) is 119 cm³/mol. The Morgan fingerprint density at radius 1 is 1.14 bits per heavy atom. The zero-order valence-electron chi connectivity index (χ0n) is 17.8. The minimum absolute atomic E-state index is 0.0236. The predicted octanol–water partition coefficient (Wildman–Crippen LogP) is 4.31.